The van der Waals surface area contributed by atoms with Gasteiger partial charge in [-0.05, 0) is 41.7 Å². The molecule has 0 saturated carbocycles. The van der Waals surface area contributed by atoms with Gasteiger partial charge in [0, 0.05) is 19.4 Å². The van der Waals surface area contributed by atoms with Crippen molar-refractivity contribution < 1.29 is 24.2 Å². The van der Waals surface area contributed by atoms with Crippen LogP contribution in [0.2, 0.25) is 10.0 Å². The number of hydrogen-bond acceptors (Lipinski definition) is 4. The number of Topliss-reactive ketones (excluding diaryl/α,β-unsaturated/α-hetero) is 1. The number of carboxylic acid groups (broad SMARTS) is 1. The van der Waals surface area contributed by atoms with Crippen molar-refractivity contribution in [3.8, 4) is 5.75 Å². The molecule has 0 radical (unpaired) electrons. The van der Waals surface area contributed by atoms with Gasteiger partial charge in [-0.2, -0.15) is 0 Å². The van der Waals surface area contributed by atoms with Crippen molar-refractivity contribution in [1.29, 1.82) is 0 Å². The van der Waals surface area contributed by atoms with Crippen LogP contribution in [0.1, 0.15) is 45.9 Å². The largest absolute Gasteiger partial charge is 0.493 e. The van der Waals surface area contributed by atoms with Gasteiger partial charge < -0.3 is 20.5 Å². The highest BCUT2D eigenvalue weighted by Crippen LogP contribution is 2.33. The summed E-state index contributed by atoms with van der Waals surface area (Å²) in [5.41, 5.74) is 3.39. The van der Waals surface area contributed by atoms with Crippen LogP contribution < -0.4 is 15.4 Å². The smallest absolute Gasteiger partial charge is 0.315 e. The van der Waals surface area contributed by atoms with Crippen LogP contribution in [0, 0.1) is 5.92 Å². The van der Waals surface area contributed by atoms with Gasteiger partial charge in [0.25, 0.3) is 0 Å². The van der Waals surface area contributed by atoms with Gasteiger partial charge in [0.05, 0.1) is 34.2 Å². The van der Waals surface area contributed by atoms with E-state index in [0.717, 1.165) is 24.0 Å². The molecule has 2 amide bonds. The molecule has 3 N–H and O–H groups in total. The van der Waals surface area contributed by atoms with Gasteiger partial charge in [-0.25, -0.2) is 4.79 Å². The molecule has 1 aliphatic carbocycles. The summed E-state index contributed by atoms with van der Waals surface area (Å²) in [5.74, 6) is -2.49. The third-order valence-electron chi connectivity index (χ3n) is 6.52. The molecular weight excluding hydrogens is 527 g/mol. The van der Waals surface area contributed by atoms with Gasteiger partial charge >= 0.3 is 12.0 Å². The molecule has 38 heavy (non-hydrogen) atoms. The minimum atomic E-state index is -1.21. The van der Waals surface area contributed by atoms with Crippen LogP contribution >= 0.6 is 23.2 Å². The third kappa shape index (κ3) is 7.05. The molecule has 0 spiro atoms. The standard InChI is InChI=1S/C29H28Cl2N2O5/c30-23-15-21(38-13-12-18-6-2-1-3-7-18)16-24(31)27(23)26(34)14-20(28(35)36)17-32-29(37)33-25-11-10-19-8-4-5-9-22(19)25/h1-9,15-16,20,25H,10-14,17H2,(H,35,36)(H2,32,33,37)/t20-,25+/m0/s1. The number of nitrogens with one attached hydrogen (secondary N) is 2. The van der Waals surface area contributed by atoms with E-state index in [9.17, 15) is 19.5 Å². The average Bonchev–Trinajstić information content (AvgIpc) is 3.29. The van der Waals surface area contributed by atoms with Crippen molar-refractivity contribution >= 4 is 41.0 Å². The number of aryl methyl sites for hydroxylation is 1. The summed E-state index contributed by atoms with van der Waals surface area (Å²) in [6.45, 7) is 0.169. The fraction of sp³-hybridized carbons (Fsp3) is 0.276. The highest BCUT2D eigenvalue weighted by atomic mass is 35.5. The third-order valence-corrected chi connectivity index (χ3v) is 7.12. The van der Waals surface area contributed by atoms with E-state index in [-0.39, 0.29) is 34.6 Å². The maximum Gasteiger partial charge on any atom is 0.315 e. The lowest BCUT2D eigenvalue weighted by Crippen LogP contribution is -2.41. The number of halogens is 2. The Labute approximate surface area is 231 Å². The van der Waals surface area contributed by atoms with Gasteiger partial charge in [-0.1, -0.05) is 77.8 Å². The van der Waals surface area contributed by atoms with Gasteiger partial charge in [0.2, 0.25) is 0 Å². The van der Waals surface area contributed by atoms with Crippen LogP contribution in [0.15, 0.2) is 66.7 Å². The topological polar surface area (TPSA) is 105 Å². The van der Waals surface area contributed by atoms with Crippen molar-refractivity contribution in [2.45, 2.75) is 31.7 Å². The molecule has 1 aliphatic rings. The number of aliphatic carboxylic acids is 1. The molecule has 3 aromatic rings. The van der Waals surface area contributed by atoms with E-state index in [2.05, 4.69) is 10.6 Å². The number of carbonyl (C=O) groups excluding carboxylic acids is 2. The number of hydrogen-bond donors (Lipinski definition) is 3. The molecule has 0 saturated heterocycles. The molecule has 7 nitrogen and oxygen atoms in total. The molecule has 198 valence electrons. The molecule has 2 atom stereocenters. The average molecular weight is 555 g/mol. The predicted octanol–water partition coefficient (Wildman–Crippen LogP) is 5.88. The first-order valence-corrected chi connectivity index (χ1v) is 13.1. The Kier molecular flexibility index (Phi) is 9.26. The number of benzene rings is 3. The van der Waals surface area contributed by atoms with E-state index in [1.165, 1.54) is 17.7 Å². The monoisotopic (exact) mass is 554 g/mol. The Balaban J connectivity index is 1.31. The molecule has 0 unspecified atom stereocenters. The Morgan fingerprint density at radius 3 is 2.39 bits per heavy atom. The fourth-order valence-electron chi connectivity index (χ4n) is 4.54. The van der Waals surface area contributed by atoms with Crippen LogP contribution in [0.3, 0.4) is 0 Å². The molecular formula is C29H28Cl2N2O5. The summed E-state index contributed by atoms with van der Waals surface area (Å²) in [7, 11) is 0. The number of urea groups is 1. The van der Waals surface area contributed by atoms with Gasteiger partial charge in [-0.3, -0.25) is 9.59 Å². The quantitative estimate of drug-likeness (QED) is 0.257. The Morgan fingerprint density at radius 2 is 1.68 bits per heavy atom. The maximum absolute atomic E-state index is 13.0. The van der Waals surface area contributed by atoms with Crippen LogP contribution in [0.25, 0.3) is 0 Å². The second-order valence-electron chi connectivity index (χ2n) is 9.15. The van der Waals surface area contributed by atoms with E-state index in [1.807, 2.05) is 54.6 Å². The van der Waals surface area contributed by atoms with Crippen LogP contribution in [0.5, 0.6) is 5.75 Å². The highest BCUT2D eigenvalue weighted by Gasteiger charge is 2.27. The summed E-state index contributed by atoms with van der Waals surface area (Å²) in [4.78, 5) is 37.3. The number of ether oxygens (including phenoxy) is 1. The molecule has 0 aliphatic heterocycles. The van der Waals surface area contributed by atoms with E-state index in [0.29, 0.717) is 18.8 Å². The minimum absolute atomic E-state index is 0.0296. The summed E-state index contributed by atoms with van der Waals surface area (Å²) >= 11 is 12.7. The highest BCUT2D eigenvalue weighted by molar-refractivity contribution is 6.40. The fourth-order valence-corrected chi connectivity index (χ4v) is 5.21. The molecule has 0 bridgehead atoms. The number of ketones is 1. The Hall–Kier alpha value is -3.55. The number of amides is 2. The first kappa shape index (κ1) is 27.5. The van der Waals surface area contributed by atoms with Gasteiger partial charge in [0.15, 0.2) is 5.78 Å². The number of fused-ring (bicyclic) bond motifs is 1. The van der Waals surface area contributed by atoms with Crippen LogP contribution in [0.4, 0.5) is 4.79 Å². The van der Waals surface area contributed by atoms with Crippen LogP contribution in [-0.2, 0) is 17.6 Å². The van der Waals surface area contributed by atoms with E-state index < -0.39 is 23.7 Å². The van der Waals surface area contributed by atoms with E-state index in [1.54, 1.807) is 0 Å². The SMILES string of the molecule is O=C(NC[C@H](CC(=O)c1c(Cl)cc(OCCc2ccccc2)cc1Cl)C(=O)O)N[C@@H]1CCc2ccccc21. The maximum atomic E-state index is 13.0. The van der Waals surface area contributed by atoms with Crippen molar-refractivity contribution in [3.05, 3.63) is 99.0 Å². The molecule has 3 aromatic carbocycles. The van der Waals surface area contributed by atoms with Crippen molar-refractivity contribution in [2.75, 3.05) is 13.2 Å². The van der Waals surface area contributed by atoms with E-state index >= 15 is 0 Å². The first-order chi connectivity index (χ1) is 18.3. The minimum Gasteiger partial charge on any atom is -0.493 e. The summed E-state index contributed by atoms with van der Waals surface area (Å²) in [6, 6.07) is 20.1. The van der Waals surface area contributed by atoms with E-state index in [4.69, 9.17) is 27.9 Å². The van der Waals surface area contributed by atoms with Crippen molar-refractivity contribution in [3.63, 3.8) is 0 Å². The number of rotatable bonds is 11. The number of carboxylic acids is 1. The Bertz CT molecular complexity index is 1290. The summed E-state index contributed by atoms with van der Waals surface area (Å²) < 4.78 is 5.74. The molecule has 4 rings (SSSR count). The zero-order valence-electron chi connectivity index (χ0n) is 20.6. The van der Waals surface area contributed by atoms with Crippen LogP contribution in [-0.4, -0.2) is 36.0 Å². The molecule has 0 heterocycles. The summed E-state index contributed by atoms with van der Waals surface area (Å²) in [5, 5.41) is 15.3. The lowest BCUT2D eigenvalue weighted by atomic mass is 9.98. The Morgan fingerprint density at radius 1 is 1.00 bits per heavy atom. The lowest BCUT2D eigenvalue weighted by Gasteiger charge is -2.17. The summed E-state index contributed by atoms with van der Waals surface area (Å²) in [6.07, 6.45) is 1.95. The molecule has 0 aromatic heterocycles. The normalized spacial score (nSPS) is 14.8. The predicted molar refractivity (Wildman–Crippen MR) is 146 cm³/mol. The van der Waals surface area contributed by atoms with Crippen molar-refractivity contribution in [2.24, 2.45) is 5.92 Å². The molecule has 9 heteroatoms. The zero-order chi connectivity index (χ0) is 27.1. The van der Waals surface area contributed by atoms with Crippen molar-refractivity contribution in [1.82, 2.24) is 10.6 Å². The second-order valence-corrected chi connectivity index (χ2v) is 9.97. The first-order valence-electron chi connectivity index (χ1n) is 12.4. The van der Waals surface area contributed by atoms with Gasteiger partial charge in [-0.15, -0.1) is 0 Å². The second kappa shape index (κ2) is 12.8. The van der Waals surface area contributed by atoms with Gasteiger partial charge in [0.1, 0.15) is 5.75 Å². The zero-order valence-corrected chi connectivity index (χ0v) is 22.1. The lowest BCUT2D eigenvalue weighted by molar-refractivity contribution is -0.141. The number of carbonyl (C=O) groups is 3. The molecule has 0 fully saturated rings.